The number of ether oxygens (including phenoxy) is 2. The Hall–Kier alpha value is -1.17. The Bertz CT molecular complexity index is 216. The van der Waals surface area contributed by atoms with Gasteiger partial charge in [-0.25, -0.2) is 0 Å². The van der Waals surface area contributed by atoms with Gasteiger partial charge < -0.3 is 9.47 Å². The first kappa shape index (κ1) is 10.9. The molecule has 6 nitrogen and oxygen atoms in total. The molecule has 0 spiro atoms. The van der Waals surface area contributed by atoms with Gasteiger partial charge in [0.05, 0.1) is 13.2 Å². The monoisotopic (exact) mass is 203 g/mol. The zero-order chi connectivity index (χ0) is 10.6. The standard InChI is InChI=1S/C8H13NO5/c1-7(10)14-8(6-9(11)12)2-4-13-5-3-8/h2-6H2,1H3. The van der Waals surface area contributed by atoms with Gasteiger partial charge in [-0.05, 0) is 0 Å². The molecule has 1 saturated heterocycles. The molecule has 1 aliphatic heterocycles. The van der Waals surface area contributed by atoms with Crippen LogP contribution < -0.4 is 0 Å². The van der Waals surface area contributed by atoms with Crippen molar-refractivity contribution in [2.75, 3.05) is 19.8 Å². The third-order valence-corrected chi connectivity index (χ3v) is 2.18. The quantitative estimate of drug-likeness (QED) is 0.376. The van der Waals surface area contributed by atoms with Gasteiger partial charge in [0.2, 0.25) is 6.54 Å². The Labute approximate surface area is 81.3 Å². The molecule has 0 radical (unpaired) electrons. The van der Waals surface area contributed by atoms with Crippen LogP contribution in [0.3, 0.4) is 0 Å². The molecule has 0 aromatic carbocycles. The Morgan fingerprint density at radius 1 is 1.57 bits per heavy atom. The van der Waals surface area contributed by atoms with Crippen LogP contribution in [0, 0.1) is 10.1 Å². The van der Waals surface area contributed by atoms with E-state index < -0.39 is 16.5 Å². The lowest BCUT2D eigenvalue weighted by molar-refractivity contribution is -0.502. The van der Waals surface area contributed by atoms with Gasteiger partial charge in [0.15, 0.2) is 5.60 Å². The molecule has 0 unspecified atom stereocenters. The molecule has 14 heavy (non-hydrogen) atoms. The molecule has 0 aliphatic carbocycles. The number of rotatable bonds is 3. The maximum Gasteiger partial charge on any atom is 0.303 e. The molecular weight excluding hydrogens is 190 g/mol. The number of hydrogen-bond donors (Lipinski definition) is 0. The molecule has 1 aliphatic rings. The summed E-state index contributed by atoms with van der Waals surface area (Å²) < 4.78 is 10.1. The van der Waals surface area contributed by atoms with Crippen molar-refractivity contribution < 1.29 is 19.2 Å². The van der Waals surface area contributed by atoms with Crippen LogP contribution in [0.2, 0.25) is 0 Å². The van der Waals surface area contributed by atoms with Crippen LogP contribution in [0.15, 0.2) is 0 Å². The van der Waals surface area contributed by atoms with Crippen molar-refractivity contribution in [1.82, 2.24) is 0 Å². The van der Waals surface area contributed by atoms with Crippen LogP contribution >= 0.6 is 0 Å². The summed E-state index contributed by atoms with van der Waals surface area (Å²) in [6.07, 6.45) is 0.793. The van der Waals surface area contributed by atoms with Crippen molar-refractivity contribution in [2.45, 2.75) is 25.4 Å². The van der Waals surface area contributed by atoms with Gasteiger partial charge >= 0.3 is 5.97 Å². The first-order valence-electron chi connectivity index (χ1n) is 4.43. The number of nitrogens with zero attached hydrogens (tertiary/aromatic N) is 1. The number of carbonyl (C=O) groups excluding carboxylic acids is 1. The zero-order valence-electron chi connectivity index (χ0n) is 8.02. The average molecular weight is 203 g/mol. The zero-order valence-corrected chi connectivity index (χ0v) is 8.02. The molecule has 1 rings (SSSR count). The summed E-state index contributed by atoms with van der Waals surface area (Å²) in [7, 11) is 0. The normalized spacial score (nSPS) is 20.1. The Morgan fingerprint density at radius 2 is 2.14 bits per heavy atom. The Morgan fingerprint density at radius 3 is 2.57 bits per heavy atom. The number of esters is 1. The lowest BCUT2D eigenvalue weighted by Crippen LogP contribution is -2.46. The molecule has 0 amide bonds. The first-order valence-corrected chi connectivity index (χ1v) is 4.43. The lowest BCUT2D eigenvalue weighted by atomic mass is 9.94. The smallest absolute Gasteiger partial charge is 0.303 e. The molecule has 0 saturated carbocycles. The molecule has 1 heterocycles. The number of carbonyl (C=O) groups is 1. The predicted octanol–water partition coefficient (Wildman–Crippen LogP) is 0.375. The minimum atomic E-state index is -0.951. The highest BCUT2D eigenvalue weighted by molar-refractivity contribution is 5.66. The summed E-state index contributed by atoms with van der Waals surface area (Å²) >= 11 is 0. The highest BCUT2D eigenvalue weighted by atomic mass is 16.6. The minimum Gasteiger partial charge on any atom is -0.452 e. The largest absolute Gasteiger partial charge is 0.452 e. The van der Waals surface area contributed by atoms with E-state index in [-0.39, 0.29) is 6.54 Å². The van der Waals surface area contributed by atoms with E-state index in [0.717, 1.165) is 0 Å². The van der Waals surface area contributed by atoms with Crippen LogP contribution in [-0.4, -0.2) is 36.3 Å². The molecule has 0 bridgehead atoms. The highest BCUT2D eigenvalue weighted by Crippen LogP contribution is 2.25. The summed E-state index contributed by atoms with van der Waals surface area (Å²) in [6, 6.07) is 0. The number of hydrogen-bond acceptors (Lipinski definition) is 5. The van der Waals surface area contributed by atoms with Crippen molar-refractivity contribution in [3.8, 4) is 0 Å². The molecule has 1 fully saturated rings. The summed E-state index contributed by atoms with van der Waals surface area (Å²) in [5, 5.41) is 10.4. The highest BCUT2D eigenvalue weighted by Gasteiger charge is 2.40. The minimum absolute atomic E-state index is 0.337. The van der Waals surface area contributed by atoms with Crippen LogP contribution in [0.25, 0.3) is 0 Å². The maximum absolute atomic E-state index is 10.8. The third-order valence-electron chi connectivity index (χ3n) is 2.18. The second-order valence-electron chi connectivity index (χ2n) is 3.38. The van der Waals surface area contributed by atoms with Crippen molar-refractivity contribution in [1.29, 1.82) is 0 Å². The summed E-state index contributed by atoms with van der Waals surface area (Å²) in [4.78, 5) is 20.8. The van der Waals surface area contributed by atoms with E-state index in [9.17, 15) is 14.9 Å². The van der Waals surface area contributed by atoms with Crippen molar-refractivity contribution >= 4 is 5.97 Å². The SMILES string of the molecule is CC(=O)OC1(C[N+](=O)[O-])CCOCC1. The second kappa shape index (κ2) is 4.36. The van der Waals surface area contributed by atoms with Gasteiger partial charge in [0, 0.05) is 24.7 Å². The summed E-state index contributed by atoms with van der Waals surface area (Å²) in [5.41, 5.74) is -0.951. The first-order chi connectivity index (χ1) is 6.54. The van der Waals surface area contributed by atoms with E-state index in [4.69, 9.17) is 9.47 Å². The van der Waals surface area contributed by atoms with E-state index in [1.165, 1.54) is 6.92 Å². The van der Waals surface area contributed by atoms with E-state index in [2.05, 4.69) is 0 Å². The third kappa shape index (κ3) is 2.95. The fourth-order valence-corrected chi connectivity index (χ4v) is 1.58. The average Bonchev–Trinajstić information content (AvgIpc) is 2.01. The van der Waals surface area contributed by atoms with Crippen molar-refractivity contribution in [2.24, 2.45) is 0 Å². The van der Waals surface area contributed by atoms with Gasteiger partial charge in [-0.15, -0.1) is 0 Å². The molecule has 0 N–H and O–H groups in total. The van der Waals surface area contributed by atoms with E-state index in [1.807, 2.05) is 0 Å². The van der Waals surface area contributed by atoms with E-state index in [0.29, 0.717) is 26.1 Å². The van der Waals surface area contributed by atoms with Crippen molar-refractivity contribution in [3.63, 3.8) is 0 Å². The van der Waals surface area contributed by atoms with Crippen molar-refractivity contribution in [3.05, 3.63) is 10.1 Å². The topological polar surface area (TPSA) is 78.7 Å². The van der Waals surface area contributed by atoms with Gasteiger partial charge in [-0.2, -0.15) is 0 Å². The van der Waals surface area contributed by atoms with Gasteiger partial charge in [0.25, 0.3) is 0 Å². The molecular formula is C8H13NO5. The summed E-state index contributed by atoms with van der Waals surface area (Å²) in [6.45, 7) is 1.73. The van der Waals surface area contributed by atoms with E-state index in [1.54, 1.807) is 0 Å². The van der Waals surface area contributed by atoms with Crippen LogP contribution in [0.1, 0.15) is 19.8 Å². The van der Waals surface area contributed by atoms with Crippen LogP contribution in [-0.2, 0) is 14.3 Å². The maximum atomic E-state index is 10.8. The fraction of sp³-hybridized carbons (Fsp3) is 0.875. The Balaban J connectivity index is 2.66. The predicted molar refractivity (Wildman–Crippen MR) is 46.4 cm³/mol. The van der Waals surface area contributed by atoms with Crippen LogP contribution in [0.4, 0.5) is 0 Å². The summed E-state index contributed by atoms with van der Waals surface area (Å²) in [5.74, 6) is -0.478. The molecule has 6 heteroatoms. The second-order valence-corrected chi connectivity index (χ2v) is 3.38. The van der Waals surface area contributed by atoms with Gasteiger partial charge in [-0.3, -0.25) is 14.9 Å². The fourth-order valence-electron chi connectivity index (χ4n) is 1.58. The Kier molecular flexibility index (Phi) is 3.40. The molecule has 0 atom stereocenters. The number of nitro groups is 1. The van der Waals surface area contributed by atoms with Crippen LogP contribution in [0.5, 0.6) is 0 Å². The van der Waals surface area contributed by atoms with E-state index >= 15 is 0 Å². The molecule has 0 aromatic heterocycles. The lowest BCUT2D eigenvalue weighted by Gasteiger charge is -2.32. The molecule has 0 aromatic rings. The van der Waals surface area contributed by atoms with Gasteiger partial charge in [0.1, 0.15) is 0 Å². The molecule has 80 valence electrons. The van der Waals surface area contributed by atoms with Gasteiger partial charge in [-0.1, -0.05) is 0 Å².